The van der Waals surface area contributed by atoms with Crippen molar-refractivity contribution in [3.8, 4) is 0 Å². The van der Waals surface area contributed by atoms with Crippen LogP contribution in [0.15, 0.2) is 0 Å². The first kappa shape index (κ1) is 15.4. The van der Waals surface area contributed by atoms with Gasteiger partial charge in [-0.1, -0.05) is 45.2 Å². The lowest BCUT2D eigenvalue weighted by Crippen LogP contribution is -2.23. The highest BCUT2D eigenvalue weighted by atomic mass is 127. The molecule has 4 heteroatoms. The summed E-state index contributed by atoms with van der Waals surface area (Å²) in [5.74, 6) is 1.57. The predicted molar refractivity (Wildman–Crippen MR) is 84.3 cm³/mol. The molecule has 2 nitrogen and oxygen atoms in total. The van der Waals surface area contributed by atoms with Crippen molar-refractivity contribution >= 4 is 45.2 Å². The zero-order valence-electron chi connectivity index (χ0n) is 10.1. The van der Waals surface area contributed by atoms with Crippen molar-refractivity contribution in [2.75, 3.05) is 13.2 Å². The Kier molecular flexibility index (Phi) is 8.18. The third-order valence-electron chi connectivity index (χ3n) is 3.09. The fourth-order valence-corrected chi connectivity index (χ4v) is 2.52. The van der Waals surface area contributed by atoms with E-state index in [1.54, 1.807) is 0 Å². The molecule has 0 N–H and O–H groups in total. The van der Waals surface area contributed by atoms with Gasteiger partial charge in [-0.15, -0.1) is 0 Å². The summed E-state index contributed by atoms with van der Waals surface area (Å²) in [4.78, 5) is 0. The van der Waals surface area contributed by atoms with Gasteiger partial charge in [-0.05, 0) is 51.4 Å². The highest BCUT2D eigenvalue weighted by molar-refractivity contribution is 14.1. The van der Waals surface area contributed by atoms with E-state index in [0.717, 1.165) is 25.0 Å². The van der Waals surface area contributed by atoms with E-state index in [1.165, 1.54) is 25.7 Å². The van der Waals surface area contributed by atoms with Crippen LogP contribution in [0.1, 0.15) is 39.5 Å². The monoisotopic (exact) mass is 452 g/mol. The van der Waals surface area contributed by atoms with Crippen molar-refractivity contribution in [2.45, 2.75) is 47.8 Å². The molecule has 0 spiro atoms. The molecule has 0 amide bonds. The van der Waals surface area contributed by atoms with E-state index in [2.05, 4.69) is 59.0 Å². The summed E-state index contributed by atoms with van der Waals surface area (Å²) in [5, 5.41) is 0. The Bertz CT molecular complexity index is 158. The SMILES string of the molecule is CC(I)OCC1CCC(COC(C)I)CC1. The van der Waals surface area contributed by atoms with Gasteiger partial charge in [0.1, 0.15) is 8.22 Å². The van der Waals surface area contributed by atoms with Gasteiger partial charge in [0.2, 0.25) is 0 Å². The number of alkyl halides is 2. The minimum atomic E-state index is 0.346. The molecule has 2 unspecified atom stereocenters. The molecule has 0 aliphatic heterocycles. The third kappa shape index (κ3) is 6.96. The highest BCUT2D eigenvalue weighted by Gasteiger charge is 2.22. The van der Waals surface area contributed by atoms with Crippen molar-refractivity contribution < 1.29 is 9.47 Å². The molecule has 0 radical (unpaired) electrons. The number of rotatable bonds is 6. The van der Waals surface area contributed by atoms with Gasteiger partial charge in [0.15, 0.2) is 0 Å². The Labute approximate surface area is 126 Å². The Morgan fingerprint density at radius 1 is 0.875 bits per heavy atom. The molecule has 0 saturated heterocycles. The summed E-state index contributed by atoms with van der Waals surface area (Å²) in [6.45, 7) is 6.09. The molecule has 1 aliphatic rings. The van der Waals surface area contributed by atoms with E-state index in [0.29, 0.717) is 8.22 Å². The molecule has 1 aliphatic carbocycles. The van der Waals surface area contributed by atoms with Crippen molar-refractivity contribution in [3.05, 3.63) is 0 Å². The van der Waals surface area contributed by atoms with Crippen LogP contribution in [0.4, 0.5) is 0 Å². The Balaban J connectivity index is 2.09. The highest BCUT2D eigenvalue weighted by Crippen LogP contribution is 2.30. The normalized spacial score (nSPS) is 30.0. The molecule has 1 fully saturated rings. The average molecular weight is 452 g/mol. The van der Waals surface area contributed by atoms with E-state index >= 15 is 0 Å². The maximum atomic E-state index is 5.67. The number of hydrogen-bond donors (Lipinski definition) is 0. The minimum Gasteiger partial charge on any atom is -0.368 e. The first-order valence-electron chi connectivity index (χ1n) is 6.09. The molecule has 0 aromatic rings. The molecule has 0 bridgehead atoms. The van der Waals surface area contributed by atoms with Gasteiger partial charge < -0.3 is 9.47 Å². The molecule has 2 atom stereocenters. The van der Waals surface area contributed by atoms with Crippen LogP contribution >= 0.6 is 45.2 Å². The van der Waals surface area contributed by atoms with Crippen LogP contribution in [0.2, 0.25) is 0 Å². The van der Waals surface area contributed by atoms with Crippen molar-refractivity contribution in [1.82, 2.24) is 0 Å². The molecule has 0 heterocycles. The Morgan fingerprint density at radius 2 is 1.19 bits per heavy atom. The largest absolute Gasteiger partial charge is 0.368 e. The van der Waals surface area contributed by atoms with Crippen LogP contribution in [0.5, 0.6) is 0 Å². The van der Waals surface area contributed by atoms with Crippen molar-refractivity contribution in [2.24, 2.45) is 11.8 Å². The zero-order chi connectivity index (χ0) is 12.0. The topological polar surface area (TPSA) is 18.5 Å². The first-order valence-corrected chi connectivity index (χ1v) is 8.58. The van der Waals surface area contributed by atoms with Gasteiger partial charge in [-0.3, -0.25) is 0 Å². The zero-order valence-corrected chi connectivity index (χ0v) is 14.4. The predicted octanol–water partition coefficient (Wildman–Crippen LogP) is 4.39. The second-order valence-corrected chi connectivity index (χ2v) is 8.15. The lowest BCUT2D eigenvalue weighted by Gasteiger charge is -2.28. The first-order chi connectivity index (χ1) is 7.58. The molecule has 1 rings (SSSR count). The van der Waals surface area contributed by atoms with Crippen LogP contribution in [-0.2, 0) is 9.47 Å². The standard InChI is InChI=1S/C12H22I2O2/c1-9(13)15-7-11-3-5-12(6-4-11)8-16-10(2)14/h9-12H,3-8H2,1-2H3. The van der Waals surface area contributed by atoms with Crippen LogP contribution in [0.3, 0.4) is 0 Å². The summed E-state index contributed by atoms with van der Waals surface area (Å²) in [7, 11) is 0. The summed E-state index contributed by atoms with van der Waals surface area (Å²) in [6, 6.07) is 0. The smallest absolute Gasteiger partial charge is 0.106 e. The van der Waals surface area contributed by atoms with Crippen molar-refractivity contribution in [1.29, 1.82) is 0 Å². The van der Waals surface area contributed by atoms with Crippen LogP contribution in [0, 0.1) is 11.8 Å². The maximum absolute atomic E-state index is 5.67. The maximum Gasteiger partial charge on any atom is 0.106 e. The third-order valence-corrected chi connectivity index (χ3v) is 3.81. The summed E-state index contributed by atoms with van der Waals surface area (Å²) in [5.41, 5.74) is 0. The second-order valence-electron chi connectivity index (χ2n) is 4.64. The molecular weight excluding hydrogens is 430 g/mol. The summed E-state index contributed by atoms with van der Waals surface area (Å²) < 4.78 is 12.0. The lowest BCUT2D eigenvalue weighted by atomic mass is 9.83. The number of ether oxygens (including phenoxy) is 2. The van der Waals surface area contributed by atoms with Gasteiger partial charge in [0, 0.05) is 0 Å². The average Bonchev–Trinajstić information content (AvgIpc) is 2.25. The van der Waals surface area contributed by atoms with Gasteiger partial charge in [-0.25, -0.2) is 0 Å². The molecule has 96 valence electrons. The summed E-state index contributed by atoms with van der Waals surface area (Å²) >= 11 is 4.64. The van der Waals surface area contributed by atoms with Crippen LogP contribution in [0.25, 0.3) is 0 Å². The molecule has 16 heavy (non-hydrogen) atoms. The molecule has 0 aromatic carbocycles. The molecule has 1 saturated carbocycles. The fraction of sp³-hybridized carbons (Fsp3) is 1.00. The van der Waals surface area contributed by atoms with Gasteiger partial charge in [0.25, 0.3) is 0 Å². The molecule has 0 aromatic heterocycles. The fourth-order valence-electron chi connectivity index (χ4n) is 2.10. The van der Waals surface area contributed by atoms with E-state index in [-0.39, 0.29) is 0 Å². The number of hydrogen-bond acceptors (Lipinski definition) is 2. The van der Waals surface area contributed by atoms with Gasteiger partial charge >= 0.3 is 0 Å². The van der Waals surface area contributed by atoms with Crippen LogP contribution in [-0.4, -0.2) is 21.4 Å². The van der Waals surface area contributed by atoms with Gasteiger partial charge in [0.05, 0.1) is 13.2 Å². The van der Waals surface area contributed by atoms with E-state index < -0.39 is 0 Å². The number of halogens is 2. The second kappa shape index (κ2) is 8.48. The lowest BCUT2D eigenvalue weighted by molar-refractivity contribution is 0.0490. The van der Waals surface area contributed by atoms with Gasteiger partial charge in [-0.2, -0.15) is 0 Å². The quantitative estimate of drug-likeness (QED) is 0.440. The molecular formula is C12H22I2O2. The van der Waals surface area contributed by atoms with Crippen molar-refractivity contribution in [3.63, 3.8) is 0 Å². The van der Waals surface area contributed by atoms with E-state index in [9.17, 15) is 0 Å². The Hall–Kier alpha value is 1.38. The Morgan fingerprint density at radius 3 is 1.44 bits per heavy atom. The minimum absolute atomic E-state index is 0.346. The summed E-state index contributed by atoms with van der Waals surface area (Å²) in [6.07, 6.45) is 5.25. The van der Waals surface area contributed by atoms with E-state index in [1.807, 2.05) is 0 Å². The van der Waals surface area contributed by atoms with Crippen LogP contribution < -0.4 is 0 Å². The van der Waals surface area contributed by atoms with E-state index in [4.69, 9.17) is 9.47 Å².